The van der Waals surface area contributed by atoms with Crippen LogP contribution in [-0.2, 0) is 19.4 Å². The zero-order chi connectivity index (χ0) is 26.7. The lowest BCUT2D eigenvalue weighted by molar-refractivity contribution is -0.165. The quantitative estimate of drug-likeness (QED) is 0.352. The minimum atomic E-state index is -3.56. The Morgan fingerprint density at radius 2 is 1.25 bits per heavy atom. The zero-order valence-electron chi connectivity index (χ0n) is 23.7. The van der Waals surface area contributed by atoms with Crippen LogP contribution >= 0.6 is 0 Å². The summed E-state index contributed by atoms with van der Waals surface area (Å²) in [6.45, 7) is 9.66. The predicted molar refractivity (Wildman–Crippen MR) is 150 cm³/mol. The van der Waals surface area contributed by atoms with E-state index in [9.17, 15) is 13.2 Å². The number of benzene rings is 1. The predicted octanol–water partition coefficient (Wildman–Crippen LogP) is 8.60. The maximum Gasteiger partial charge on any atom is 0.310 e. The third kappa shape index (κ3) is 10.2. The second-order valence-corrected chi connectivity index (χ2v) is 14.2. The van der Waals surface area contributed by atoms with E-state index in [0.29, 0.717) is 11.3 Å². The van der Waals surface area contributed by atoms with Gasteiger partial charge < -0.3 is 4.74 Å². The Labute approximate surface area is 221 Å². The molecule has 5 heteroatoms. The van der Waals surface area contributed by atoms with Gasteiger partial charge in [-0.25, -0.2) is 8.42 Å². The lowest BCUT2D eigenvalue weighted by atomic mass is 9.68. The van der Waals surface area contributed by atoms with Gasteiger partial charge in [0, 0.05) is 0 Å². The van der Waals surface area contributed by atoms with Crippen LogP contribution in [-0.4, -0.2) is 25.7 Å². The molecule has 0 heterocycles. The summed E-state index contributed by atoms with van der Waals surface area (Å²) in [5.74, 6) is -0.643. The van der Waals surface area contributed by atoms with Crippen molar-refractivity contribution in [1.82, 2.24) is 0 Å². The number of carbonyl (C=O) groups is 1. The molecular formula is C31H52O4S. The van der Waals surface area contributed by atoms with Crippen molar-refractivity contribution in [2.75, 3.05) is 5.75 Å². The summed E-state index contributed by atoms with van der Waals surface area (Å²) >= 11 is 0. The topological polar surface area (TPSA) is 60.4 Å². The molecule has 36 heavy (non-hydrogen) atoms. The third-order valence-corrected chi connectivity index (χ3v) is 9.74. The fourth-order valence-electron chi connectivity index (χ4n) is 5.87. The van der Waals surface area contributed by atoms with Crippen LogP contribution in [0.1, 0.15) is 130 Å². The van der Waals surface area contributed by atoms with Gasteiger partial charge in [-0.2, -0.15) is 0 Å². The van der Waals surface area contributed by atoms with Crippen molar-refractivity contribution < 1.29 is 17.9 Å². The van der Waals surface area contributed by atoms with E-state index in [-0.39, 0.29) is 11.7 Å². The van der Waals surface area contributed by atoms with Crippen LogP contribution in [0.4, 0.5) is 0 Å². The first kappa shape index (κ1) is 30.9. The molecule has 1 aliphatic carbocycles. The molecule has 1 aromatic rings. The highest BCUT2D eigenvalue weighted by Gasteiger charge is 2.46. The highest BCUT2D eigenvalue weighted by molar-refractivity contribution is 7.91. The Morgan fingerprint density at radius 1 is 0.833 bits per heavy atom. The highest BCUT2D eigenvalue weighted by atomic mass is 32.2. The summed E-state index contributed by atoms with van der Waals surface area (Å²) in [7, 11) is -3.56. The Balaban J connectivity index is 2.43. The summed E-state index contributed by atoms with van der Waals surface area (Å²) in [5, 5.41) is 0. The molecule has 4 nitrogen and oxygen atoms in total. The summed E-state index contributed by atoms with van der Waals surface area (Å²) in [6.07, 6.45) is 16.3. The first-order chi connectivity index (χ1) is 17.0. The Bertz CT molecular complexity index is 864. The molecule has 0 saturated heterocycles. The number of rotatable bonds is 6. The van der Waals surface area contributed by atoms with Gasteiger partial charge in [-0.3, -0.25) is 4.79 Å². The lowest BCUT2D eigenvalue weighted by Crippen LogP contribution is -2.44. The summed E-state index contributed by atoms with van der Waals surface area (Å²) < 4.78 is 33.5. The molecule has 0 amide bonds. The third-order valence-electron chi connectivity index (χ3n) is 7.80. The number of ether oxygens (including phenoxy) is 1. The largest absolute Gasteiger partial charge is 0.460 e. The van der Waals surface area contributed by atoms with Crippen LogP contribution < -0.4 is 0 Å². The Hall–Kier alpha value is -1.36. The SMILES string of the molecule is CC[C@@H](C(=O)OC(C)(C)C)C1(CS(=O)(=O)c2ccc(C)cc2)CCCCCCCCCCCCCC1. The molecule has 2 rings (SSSR count). The van der Waals surface area contributed by atoms with Crippen molar-refractivity contribution in [2.24, 2.45) is 11.3 Å². The maximum atomic E-state index is 13.8. The minimum absolute atomic E-state index is 0.0147. The van der Waals surface area contributed by atoms with Crippen molar-refractivity contribution in [2.45, 2.75) is 141 Å². The molecule has 1 atom stereocenters. The van der Waals surface area contributed by atoms with Crippen LogP contribution in [0.15, 0.2) is 29.2 Å². The molecule has 0 spiro atoms. The van der Waals surface area contributed by atoms with E-state index in [1.807, 2.05) is 46.8 Å². The van der Waals surface area contributed by atoms with Crippen LogP contribution in [0.25, 0.3) is 0 Å². The Kier molecular flexibility index (Phi) is 12.5. The van der Waals surface area contributed by atoms with Crippen molar-refractivity contribution in [3.05, 3.63) is 29.8 Å². The standard InChI is InChI=1S/C31H52O4S/c1-6-28(29(32)35-30(3,4)5)31(25-36(33,34)27-21-19-26(2)20-22-27)23-17-15-13-11-9-7-8-10-12-14-16-18-24-31/h19-22,28H,6-18,23-25H2,1-5H3/t28-/m0/s1. The molecule has 0 unspecified atom stereocenters. The fourth-order valence-corrected chi connectivity index (χ4v) is 7.83. The number of aryl methyl sites for hydroxylation is 1. The smallest absolute Gasteiger partial charge is 0.310 e. The average Bonchev–Trinajstić information content (AvgIpc) is 2.79. The van der Waals surface area contributed by atoms with E-state index < -0.39 is 26.8 Å². The van der Waals surface area contributed by atoms with E-state index in [0.717, 1.165) is 44.1 Å². The van der Waals surface area contributed by atoms with Gasteiger partial charge in [-0.05, 0) is 64.5 Å². The van der Waals surface area contributed by atoms with Crippen molar-refractivity contribution in [3.8, 4) is 0 Å². The van der Waals surface area contributed by atoms with E-state index in [1.165, 1.54) is 51.4 Å². The van der Waals surface area contributed by atoms with Crippen LogP contribution in [0, 0.1) is 18.3 Å². The number of hydrogen-bond acceptors (Lipinski definition) is 4. The molecule has 0 aliphatic heterocycles. The van der Waals surface area contributed by atoms with Crippen molar-refractivity contribution in [1.29, 1.82) is 0 Å². The molecular weight excluding hydrogens is 468 g/mol. The molecule has 1 fully saturated rings. The molecule has 206 valence electrons. The van der Waals surface area contributed by atoms with Gasteiger partial charge in [0.05, 0.1) is 16.6 Å². The first-order valence-corrected chi connectivity index (χ1v) is 16.2. The molecule has 1 saturated carbocycles. The summed E-state index contributed by atoms with van der Waals surface area (Å²) in [5.41, 5.74) is -0.166. The van der Waals surface area contributed by atoms with E-state index in [1.54, 1.807) is 12.1 Å². The van der Waals surface area contributed by atoms with E-state index in [2.05, 4.69) is 0 Å². The van der Waals surface area contributed by atoms with Crippen molar-refractivity contribution in [3.63, 3.8) is 0 Å². The molecule has 0 aromatic heterocycles. The zero-order valence-corrected chi connectivity index (χ0v) is 24.6. The number of carbonyl (C=O) groups excluding carboxylic acids is 1. The van der Waals surface area contributed by atoms with Gasteiger partial charge in [-0.15, -0.1) is 0 Å². The van der Waals surface area contributed by atoms with E-state index >= 15 is 0 Å². The number of hydrogen-bond donors (Lipinski definition) is 0. The fraction of sp³-hybridized carbons (Fsp3) is 0.774. The van der Waals surface area contributed by atoms with Gasteiger partial charge in [0.15, 0.2) is 9.84 Å². The van der Waals surface area contributed by atoms with Crippen molar-refractivity contribution >= 4 is 15.8 Å². The molecule has 0 bridgehead atoms. The van der Waals surface area contributed by atoms with Gasteiger partial charge in [0.25, 0.3) is 0 Å². The average molecular weight is 521 g/mol. The van der Waals surface area contributed by atoms with Gasteiger partial charge in [-0.1, -0.05) is 102 Å². The number of sulfone groups is 1. The highest BCUT2D eigenvalue weighted by Crippen LogP contribution is 2.44. The van der Waals surface area contributed by atoms with Crippen LogP contribution in [0.3, 0.4) is 0 Å². The molecule has 0 radical (unpaired) electrons. The van der Waals surface area contributed by atoms with Crippen LogP contribution in [0.2, 0.25) is 0 Å². The summed E-state index contributed by atoms with van der Waals surface area (Å²) in [4.78, 5) is 13.9. The maximum absolute atomic E-state index is 13.8. The lowest BCUT2D eigenvalue weighted by Gasteiger charge is -2.40. The second kappa shape index (κ2) is 14.5. The first-order valence-electron chi connectivity index (χ1n) is 14.5. The monoisotopic (exact) mass is 520 g/mol. The van der Waals surface area contributed by atoms with Gasteiger partial charge in [0.1, 0.15) is 5.60 Å². The Morgan fingerprint density at radius 3 is 1.64 bits per heavy atom. The minimum Gasteiger partial charge on any atom is -0.460 e. The second-order valence-electron chi connectivity index (χ2n) is 12.2. The van der Waals surface area contributed by atoms with Gasteiger partial charge >= 0.3 is 5.97 Å². The number of esters is 1. The normalized spacial score (nSPS) is 20.0. The molecule has 1 aliphatic rings. The summed E-state index contributed by atoms with van der Waals surface area (Å²) in [6, 6.07) is 7.17. The van der Waals surface area contributed by atoms with Crippen LogP contribution in [0.5, 0.6) is 0 Å². The molecule has 0 N–H and O–H groups in total. The molecule has 1 aromatic carbocycles. The van der Waals surface area contributed by atoms with Gasteiger partial charge in [0.2, 0.25) is 0 Å². The van der Waals surface area contributed by atoms with E-state index in [4.69, 9.17) is 4.74 Å².